The third kappa shape index (κ3) is 3.11. The number of nitrogens with one attached hydrogen (secondary N) is 1. The first-order valence-electron chi connectivity index (χ1n) is 7.22. The molecule has 0 bridgehead atoms. The van der Waals surface area contributed by atoms with Crippen molar-refractivity contribution in [3.05, 3.63) is 24.2 Å². The van der Waals surface area contributed by atoms with E-state index in [4.69, 9.17) is 0 Å². The first-order chi connectivity index (χ1) is 10.0. The SMILES string of the molecule is FC(F)(F)c1cc2c(NC3CCCCCC3)nccn2n1. The van der Waals surface area contributed by atoms with Crippen LogP contribution >= 0.6 is 0 Å². The number of anilines is 1. The lowest BCUT2D eigenvalue weighted by Crippen LogP contribution is -2.19. The lowest BCUT2D eigenvalue weighted by Gasteiger charge is -2.17. The van der Waals surface area contributed by atoms with Crippen LogP contribution in [0, 0.1) is 0 Å². The van der Waals surface area contributed by atoms with Crippen LogP contribution in [0.5, 0.6) is 0 Å². The van der Waals surface area contributed by atoms with E-state index < -0.39 is 11.9 Å². The first-order valence-corrected chi connectivity index (χ1v) is 7.22. The van der Waals surface area contributed by atoms with Crippen LogP contribution in [0.2, 0.25) is 0 Å². The Morgan fingerprint density at radius 3 is 2.52 bits per heavy atom. The molecule has 0 aliphatic heterocycles. The molecule has 1 aliphatic rings. The molecule has 0 saturated heterocycles. The van der Waals surface area contributed by atoms with E-state index in [9.17, 15) is 13.2 Å². The summed E-state index contributed by atoms with van der Waals surface area (Å²) in [5, 5.41) is 6.86. The quantitative estimate of drug-likeness (QED) is 0.855. The number of rotatable bonds is 2. The summed E-state index contributed by atoms with van der Waals surface area (Å²) in [5.74, 6) is 0.479. The third-order valence-electron chi connectivity index (χ3n) is 3.88. The van der Waals surface area contributed by atoms with Gasteiger partial charge in [0.1, 0.15) is 5.52 Å². The van der Waals surface area contributed by atoms with Gasteiger partial charge in [-0.25, -0.2) is 9.50 Å². The van der Waals surface area contributed by atoms with Crippen molar-refractivity contribution >= 4 is 11.3 Å². The molecule has 0 unspecified atom stereocenters. The van der Waals surface area contributed by atoms with Gasteiger partial charge in [0.05, 0.1) is 0 Å². The van der Waals surface area contributed by atoms with Crippen molar-refractivity contribution in [3.63, 3.8) is 0 Å². The first kappa shape index (κ1) is 14.2. The van der Waals surface area contributed by atoms with Gasteiger partial charge < -0.3 is 5.32 Å². The summed E-state index contributed by atoms with van der Waals surface area (Å²) in [6.07, 6.45) is 5.27. The fourth-order valence-electron chi connectivity index (χ4n) is 2.79. The molecule has 0 aromatic carbocycles. The largest absolute Gasteiger partial charge is 0.435 e. The predicted octanol–water partition coefficient (Wildman–Crippen LogP) is 3.88. The average Bonchev–Trinajstić information content (AvgIpc) is 2.72. The maximum Gasteiger partial charge on any atom is 0.435 e. The van der Waals surface area contributed by atoms with Crippen LogP contribution in [0.15, 0.2) is 18.5 Å². The fourth-order valence-corrected chi connectivity index (χ4v) is 2.79. The van der Waals surface area contributed by atoms with Crippen molar-refractivity contribution in [1.82, 2.24) is 14.6 Å². The van der Waals surface area contributed by atoms with E-state index in [0.717, 1.165) is 31.7 Å². The number of aromatic nitrogens is 3. The van der Waals surface area contributed by atoms with Gasteiger partial charge in [0, 0.05) is 24.5 Å². The Morgan fingerprint density at radius 1 is 1.14 bits per heavy atom. The van der Waals surface area contributed by atoms with Gasteiger partial charge in [-0.1, -0.05) is 25.7 Å². The number of hydrogen-bond donors (Lipinski definition) is 1. The molecule has 2 aromatic rings. The van der Waals surface area contributed by atoms with E-state index >= 15 is 0 Å². The Morgan fingerprint density at radius 2 is 1.86 bits per heavy atom. The summed E-state index contributed by atoms with van der Waals surface area (Å²) in [4.78, 5) is 4.19. The van der Waals surface area contributed by atoms with Crippen LogP contribution in [0.1, 0.15) is 44.2 Å². The molecule has 2 heterocycles. The maximum absolute atomic E-state index is 12.8. The van der Waals surface area contributed by atoms with Crippen molar-refractivity contribution in [2.75, 3.05) is 5.32 Å². The van der Waals surface area contributed by atoms with Gasteiger partial charge in [0.2, 0.25) is 0 Å². The third-order valence-corrected chi connectivity index (χ3v) is 3.88. The van der Waals surface area contributed by atoms with Gasteiger partial charge in [0.25, 0.3) is 0 Å². The number of fused-ring (bicyclic) bond motifs is 1. The average molecular weight is 298 g/mol. The van der Waals surface area contributed by atoms with Crippen molar-refractivity contribution < 1.29 is 13.2 Å². The molecule has 0 atom stereocenters. The maximum atomic E-state index is 12.8. The number of alkyl halides is 3. The highest BCUT2D eigenvalue weighted by Gasteiger charge is 2.34. The molecule has 0 spiro atoms. The minimum absolute atomic E-state index is 0.274. The van der Waals surface area contributed by atoms with Crippen LogP contribution < -0.4 is 5.32 Å². The second-order valence-corrected chi connectivity index (χ2v) is 5.47. The van der Waals surface area contributed by atoms with Crippen LogP contribution in [-0.2, 0) is 6.18 Å². The molecular weight excluding hydrogens is 281 g/mol. The molecule has 114 valence electrons. The van der Waals surface area contributed by atoms with Crippen LogP contribution in [-0.4, -0.2) is 20.6 Å². The highest BCUT2D eigenvalue weighted by atomic mass is 19.4. The number of hydrogen-bond acceptors (Lipinski definition) is 3. The van der Waals surface area contributed by atoms with Gasteiger partial charge in [-0.05, 0) is 12.8 Å². The second kappa shape index (κ2) is 5.54. The molecular formula is C14H17F3N4. The van der Waals surface area contributed by atoms with Gasteiger partial charge >= 0.3 is 6.18 Å². The molecule has 7 heteroatoms. The van der Waals surface area contributed by atoms with E-state index in [1.165, 1.54) is 29.8 Å². The molecule has 1 N–H and O–H groups in total. The van der Waals surface area contributed by atoms with Crippen molar-refractivity contribution in [2.24, 2.45) is 0 Å². The summed E-state index contributed by atoms with van der Waals surface area (Å²) in [6.45, 7) is 0. The second-order valence-electron chi connectivity index (χ2n) is 5.47. The summed E-state index contributed by atoms with van der Waals surface area (Å²) in [6, 6.07) is 1.32. The molecule has 4 nitrogen and oxygen atoms in total. The molecule has 21 heavy (non-hydrogen) atoms. The standard InChI is InChI=1S/C14H17F3N4/c15-14(16,17)12-9-11-13(18-7-8-21(11)20-12)19-10-5-3-1-2-4-6-10/h7-10H,1-6H2,(H,18,19). The van der Waals surface area contributed by atoms with E-state index in [-0.39, 0.29) is 6.04 Å². The zero-order valence-corrected chi connectivity index (χ0v) is 11.5. The fraction of sp³-hybridized carbons (Fsp3) is 0.571. The Hall–Kier alpha value is -1.79. The molecule has 3 rings (SSSR count). The Kier molecular flexibility index (Phi) is 3.73. The minimum atomic E-state index is -4.44. The van der Waals surface area contributed by atoms with Crippen molar-refractivity contribution in [1.29, 1.82) is 0 Å². The summed E-state index contributed by atoms with van der Waals surface area (Å²) in [5.41, 5.74) is -0.520. The lowest BCUT2D eigenvalue weighted by molar-refractivity contribution is -0.141. The van der Waals surface area contributed by atoms with Gasteiger partial charge in [-0.2, -0.15) is 18.3 Å². The van der Waals surface area contributed by atoms with E-state index in [2.05, 4.69) is 15.4 Å². The Bertz CT molecular complexity index is 612. The summed E-state index contributed by atoms with van der Waals surface area (Å²) < 4.78 is 39.5. The minimum Gasteiger partial charge on any atom is -0.366 e. The normalized spacial score (nSPS) is 17.9. The Labute approximate surface area is 120 Å². The predicted molar refractivity (Wildman–Crippen MR) is 73.1 cm³/mol. The monoisotopic (exact) mass is 298 g/mol. The topological polar surface area (TPSA) is 42.2 Å². The van der Waals surface area contributed by atoms with Crippen LogP contribution in [0.3, 0.4) is 0 Å². The van der Waals surface area contributed by atoms with E-state index in [1.807, 2.05) is 0 Å². The van der Waals surface area contributed by atoms with Gasteiger partial charge in [-0.3, -0.25) is 0 Å². The molecule has 1 aliphatic carbocycles. The highest BCUT2D eigenvalue weighted by Crippen LogP contribution is 2.30. The van der Waals surface area contributed by atoms with E-state index in [1.54, 1.807) is 0 Å². The molecule has 0 amide bonds. The van der Waals surface area contributed by atoms with Gasteiger partial charge in [-0.15, -0.1) is 0 Å². The smallest absolute Gasteiger partial charge is 0.366 e. The molecule has 0 radical (unpaired) electrons. The summed E-state index contributed by atoms with van der Waals surface area (Å²) >= 11 is 0. The van der Waals surface area contributed by atoms with Crippen LogP contribution in [0.25, 0.3) is 5.52 Å². The number of halogens is 3. The number of nitrogens with zero attached hydrogens (tertiary/aromatic N) is 3. The van der Waals surface area contributed by atoms with Gasteiger partial charge in [0.15, 0.2) is 11.5 Å². The molecule has 1 saturated carbocycles. The lowest BCUT2D eigenvalue weighted by atomic mass is 10.1. The molecule has 1 fully saturated rings. The van der Waals surface area contributed by atoms with Crippen molar-refractivity contribution in [3.8, 4) is 0 Å². The summed E-state index contributed by atoms with van der Waals surface area (Å²) in [7, 11) is 0. The Balaban J connectivity index is 1.89. The zero-order valence-electron chi connectivity index (χ0n) is 11.5. The van der Waals surface area contributed by atoms with Crippen molar-refractivity contribution in [2.45, 2.75) is 50.7 Å². The van der Waals surface area contributed by atoms with Crippen LogP contribution in [0.4, 0.5) is 19.0 Å². The van der Waals surface area contributed by atoms with E-state index in [0.29, 0.717) is 11.3 Å². The molecule has 2 aromatic heterocycles. The highest BCUT2D eigenvalue weighted by molar-refractivity contribution is 5.68. The zero-order chi connectivity index (χ0) is 14.9.